The van der Waals surface area contributed by atoms with Crippen LogP contribution in [0.5, 0.6) is 5.75 Å². The van der Waals surface area contributed by atoms with Crippen LogP contribution in [0.1, 0.15) is 35.4 Å². The summed E-state index contributed by atoms with van der Waals surface area (Å²) in [4.78, 5) is 15.5. The molecule has 0 radical (unpaired) electrons. The molecule has 5 rings (SSSR count). The van der Waals surface area contributed by atoms with E-state index >= 15 is 0 Å². The zero-order chi connectivity index (χ0) is 20.3. The minimum absolute atomic E-state index is 0.0927. The number of carbonyl (C=O) groups is 1. The van der Waals surface area contributed by atoms with Gasteiger partial charge in [0.2, 0.25) is 0 Å². The number of benzene rings is 2. The highest BCUT2D eigenvalue weighted by molar-refractivity contribution is 5.99. The summed E-state index contributed by atoms with van der Waals surface area (Å²) in [7, 11) is 0. The number of nitrogens with zero attached hydrogens (tertiary/aromatic N) is 1. The summed E-state index contributed by atoms with van der Waals surface area (Å²) in [5.41, 5.74) is 1.46. The average Bonchev–Trinajstić information content (AvgIpc) is 3.46. The molecule has 3 heterocycles. The van der Waals surface area contributed by atoms with E-state index in [9.17, 15) is 4.79 Å². The molecule has 2 fully saturated rings. The fraction of sp³-hybridized carbons (Fsp3) is 0.375. The van der Waals surface area contributed by atoms with Crippen molar-refractivity contribution in [2.45, 2.75) is 38.2 Å². The summed E-state index contributed by atoms with van der Waals surface area (Å²) in [6, 6.07) is 17.2. The molecule has 2 aromatic carbocycles. The van der Waals surface area contributed by atoms with Crippen LogP contribution in [0.4, 0.5) is 0 Å². The highest BCUT2D eigenvalue weighted by atomic mass is 16.7. The van der Waals surface area contributed by atoms with Crippen LogP contribution >= 0.6 is 0 Å². The van der Waals surface area contributed by atoms with Gasteiger partial charge in [-0.25, -0.2) is 0 Å². The number of hydrogen-bond donors (Lipinski definition) is 0. The Balaban J connectivity index is 1.47. The Morgan fingerprint density at radius 3 is 2.60 bits per heavy atom. The molecule has 6 heteroatoms. The van der Waals surface area contributed by atoms with Crippen LogP contribution in [0, 0.1) is 0 Å². The zero-order valence-corrected chi connectivity index (χ0v) is 16.8. The van der Waals surface area contributed by atoms with Crippen LogP contribution in [0.2, 0.25) is 0 Å². The Labute approximate surface area is 175 Å². The molecule has 1 atom stereocenters. The normalized spacial score (nSPS) is 20.0. The second-order valence-electron chi connectivity index (χ2n) is 7.68. The maximum Gasteiger partial charge on any atom is 0.290 e. The van der Waals surface area contributed by atoms with Gasteiger partial charge in [0, 0.05) is 17.5 Å². The molecule has 1 unspecified atom stereocenters. The van der Waals surface area contributed by atoms with Gasteiger partial charge in [0.25, 0.3) is 5.91 Å². The van der Waals surface area contributed by atoms with Crippen LogP contribution in [-0.2, 0) is 16.1 Å². The molecule has 0 saturated carbocycles. The number of fused-ring (bicyclic) bond motifs is 1. The maximum atomic E-state index is 13.6. The topological polar surface area (TPSA) is 61.1 Å². The van der Waals surface area contributed by atoms with Crippen LogP contribution in [0.3, 0.4) is 0 Å². The summed E-state index contributed by atoms with van der Waals surface area (Å²) in [5, 5.41) is 0.902. The summed E-state index contributed by atoms with van der Waals surface area (Å²) >= 11 is 0. The maximum absolute atomic E-state index is 13.6. The van der Waals surface area contributed by atoms with Crippen molar-refractivity contribution in [2.75, 3.05) is 19.8 Å². The molecule has 30 heavy (non-hydrogen) atoms. The molecule has 2 aliphatic heterocycles. The summed E-state index contributed by atoms with van der Waals surface area (Å²) in [5.74, 6) is 0.975. The smallest absolute Gasteiger partial charge is 0.290 e. The molecular formula is C24H25NO5. The monoisotopic (exact) mass is 407 g/mol. The summed E-state index contributed by atoms with van der Waals surface area (Å²) < 4.78 is 23.5. The number of amides is 1. The molecule has 1 amide bonds. The van der Waals surface area contributed by atoms with Gasteiger partial charge in [0.05, 0.1) is 19.3 Å². The Bertz CT molecular complexity index is 1010. The van der Waals surface area contributed by atoms with Gasteiger partial charge in [-0.2, -0.15) is 0 Å². The van der Waals surface area contributed by atoms with E-state index in [1.54, 1.807) is 0 Å². The molecule has 6 nitrogen and oxygen atoms in total. The molecule has 2 aliphatic rings. The van der Waals surface area contributed by atoms with E-state index in [2.05, 4.69) is 0 Å². The first-order chi connectivity index (χ1) is 14.8. The van der Waals surface area contributed by atoms with Crippen molar-refractivity contribution in [3.63, 3.8) is 0 Å². The van der Waals surface area contributed by atoms with Gasteiger partial charge in [-0.15, -0.1) is 0 Å². The van der Waals surface area contributed by atoms with Crippen molar-refractivity contribution in [1.29, 1.82) is 0 Å². The largest absolute Gasteiger partial charge is 0.489 e. The van der Waals surface area contributed by atoms with Crippen molar-refractivity contribution in [1.82, 2.24) is 4.90 Å². The van der Waals surface area contributed by atoms with Gasteiger partial charge < -0.3 is 23.5 Å². The first kappa shape index (κ1) is 19.2. The Morgan fingerprint density at radius 2 is 1.77 bits per heavy atom. The lowest BCUT2D eigenvalue weighted by atomic mass is 10.0. The number of carbonyl (C=O) groups excluding carboxylic acids is 1. The first-order valence-electron chi connectivity index (χ1n) is 10.5. The molecule has 1 aromatic heterocycles. The van der Waals surface area contributed by atoms with E-state index in [1.807, 2.05) is 59.5 Å². The lowest BCUT2D eigenvalue weighted by Gasteiger charge is -2.37. The summed E-state index contributed by atoms with van der Waals surface area (Å²) in [6.07, 6.45) is 2.53. The lowest BCUT2D eigenvalue weighted by Crippen LogP contribution is -2.50. The second kappa shape index (κ2) is 8.50. The fourth-order valence-electron chi connectivity index (χ4n) is 4.31. The number of piperidine rings is 1. The van der Waals surface area contributed by atoms with E-state index in [0.717, 1.165) is 36.0 Å². The van der Waals surface area contributed by atoms with E-state index in [4.69, 9.17) is 18.6 Å². The molecule has 156 valence electrons. The predicted octanol–water partition coefficient (Wildman–Crippen LogP) is 4.38. The predicted molar refractivity (Wildman–Crippen MR) is 111 cm³/mol. The highest BCUT2D eigenvalue weighted by Gasteiger charge is 2.38. The molecule has 0 N–H and O–H groups in total. The number of furan rings is 1. The third-order valence-corrected chi connectivity index (χ3v) is 5.79. The number of likely N-dealkylation sites (tertiary alicyclic amines) is 1. The van der Waals surface area contributed by atoms with E-state index < -0.39 is 0 Å². The van der Waals surface area contributed by atoms with E-state index in [-0.39, 0.29) is 24.8 Å². The van der Waals surface area contributed by atoms with Gasteiger partial charge >= 0.3 is 0 Å². The lowest BCUT2D eigenvalue weighted by molar-refractivity contribution is -0.100. The third kappa shape index (κ3) is 3.68. The number of ether oxygens (including phenoxy) is 3. The fourth-order valence-corrected chi connectivity index (χ4v) is 4.31. The van der Waals surface area contributed by atoms with Gasteiger partial charge in [0.15, 0.2) is 12.1 Å². The molecule has 0 aliphatic carbocycles. The van der Waals surface area contributed by atoms with Gasteiger partial charge in [-0.05, 0) is 37.5 Å². The van der Waals surface area contributed by atoms with E-state index in [0.29, 0.717) is 31.1 Å². The Morgan fingerprint density at radius 1 is 1.00 bits per heavy atom. The SMILES string of the molecule is O=C(c1oc2ccccc2c1COc1ccccc1)N1CCCCC1C1OCCO1. The van der Waals surface area contributed by atoms with Crippen molar-refractivity contribution in [3.05, 3.63) is 65.9 Å². The molecule has 3 aromatic rings. The van der Waals surface area contributed by atoms with Crippen molar-refractivity contribution >= 4 is 16.9 Å². The van der Waals surface area contributed by atoms with Crippen LogP contribution in [-0.4, -0.2) is 42.9 Å². The highest BCUT2D eigenvalue weighted by Crippen LogP contribution is 2.31. The minimum Gasteiger partial charge on any atom is -0.489 e. The van der Waals surface area contributed by atoms with Crippen LogP contribution < -0.4 is 4.74 Å². The van der Waals surface area contributed by atoms with Crippen LogP contribution in [0.15, 0.2) is 59.0 Å². The Hall–Kier alpha value is -2.83. The van der Waals surface area contributed by atoms with Crippen LogP contribution in [0.25, 0.3) is 11.0 Å². The average molecular weight is 407 g/mol. The standard InChI is InChI=1S/C24H25NO5/c26-23(25-13-7-6-11-20(25)24-27-14-15-28-24)22-19(16-29-17-8-2-1-3-9-17)18-10-4-5-12-21(18)30-22/h1-5,8-10,12,20,24H,6-7,11,13-16H2. The van der Waals surface area contributed by atoms with Gasteiger partial charge in [0.1, 0.15) is 17.9 Å². The quantitative estimate of drug-likeness (QED) is 0.628. The number of hydrogen-bond acceptors (Lipinski definition) is 5. The molecule has 0 bridgehead atoms. The third-order valence-electron chi connectivity index (χ3n) is 5.79. The summed E-state index contributed by atoms with van der Waals surface area (Å²) in [6.45, 7) is 2.08. The Kier molecular flexibility index (Phi) is 5.43. The van der Waals surface area contributed by atoms with Gasteiger partial charge in [-0.3, -0.25) is 4.79 Å². The molecule has 0 spiro atoms. The number of para-hydroxylation sites is 2. The van der Waals surface area contributed by atoms with E-state index in [1.165, 1.54) is 0 Å². The molecular weight excluding hydrogens is 382 g/mol. The zero-order valence-electron chi connectivity index (χ0n) is 16.8. The van der Waals surface area contributed by atoms with Gasteiger partial charge in [-0.1, -0.05) is 36.4 Å². The number of rotatable bonds is 5. The second-order valence-corrected chi connectivity index (χ2v) is 7.68. The van der Waals surface area contributed by atoms with Crippen molar-refractivity contribution in [2.24, 2.45) is 0 Å². The first-order valence-corrected chi connectivity index (χ1v) is 10.5. The minimum atomic E-state index is -0.359. The van der Waals surface area contributed by atoms with Crippen molar-refractivity contribution < 1.29 is 23.4 Å². The molecule has 2 saturated heterocycles. The van der Waals surface area contributed by atoms with Crippen molar-refractivity contribution in [3.8, 4) is 5.75 Å².